The van der Waals surface area contributed by atoms with Crippen LogP contribution < -0.4 is 22.3 Å². The molecule has 0 spiro atoms. The largest absolute Gasteiger partial charge is 1.00 e. The number of rotatable bonds is 0. The van der Waals surface area contributed by atoms with E-state index >= 15 is 0 Å². The highest BCUT2D eigenvalue weighted by atomic mass is 79.9. The lowest BCUT2D eigenvalue weighted by molar-refractivity contribution is -0.00000356. The Morgan fingerprint density at radius 1 is 1.33 bits per heavy atom. The van der Waals surface area contributed by atoms with E-state index in [1.165, 1.54) is 23.2 Å². The molecule has 0 fully saturated rings. The van der Waals surface area contributed by atoms with Gasteiger partial charge in [0.15, 0.2) is 0 Å². The first kappa shape index (κ1) is 12.6. The van der Waals surface area contributed by atoms with E-state index in [1.807, 2.05) is 0 Å². The third-order valence-corrected chi connectivity index (χ3v) is 3.03. The lowest BCUT2D eigenvalue weighted by atomic mass is 9.81. The first-order valence-electron chi connectivity index (χ1n) is 5.37. The first-order chi connectivity index (χ1) is 6.48. The molecular weight excluding hydrogens is 250 g/mol. The zero-order chi connectivity index (χ0) is 10.3. The van der Waals surface area contributed by atoms with Crippen molar-refractivity contribution in [1.29, 1.82) is 0 Å². The first-order valence-corrected chi connectivity index (χ1v) is 5.37. The summed E-state index contributed by atoms with van der Waals surface area (Å²) in [5, 5.41) is 3.59. The van der Waals surface area contributed by atoms with Crippen molar-refractivity contribution in [1.82, 2.24) is 0 Å². The molecule has 0 radical (unpaired) electrons. The third kappa shape index (κ3) is 2.54. The quantitative estimate of drug-likeness (QED) is 0.731. The van der Waals surface area contributed by atoms with Crippen LogP contribution in [0.5, 0.6) is 0 Å². The second-order valence-corrected chi connectivity index (χ2v) is 5.20. The molecule has 84 valence electrons. The Labute approximate surface area is 103 Å². The molecule has 1 N–H and O–H groups in total. The maximum atomic E-state index is 3.59. The molecule has 1 nitrogen and oxygen atoms in total. The second kappa shape index (κ2) is 4.17. The van der Waals surface area contributed by atoms with Gasteiger partial charge in [-0.15, -0.1) is 0 Å². The van der Waals surface area contributed by atoms with E-state index in [0.717, 1.165) is 0 Å². The van der Waals surface area contributed by atoms with E-state index in [9.17, 15) is 0 Å². The van der Waals surface area contributed by atoms with Crippen LogP contribution in [0.1, 0.15) is 44.2 Å². The normalized spacial score (nSPS) is 22.3. The minimum Gasteiger partial charge on any atom is -1.00 e. The molecule has 1 unspecified atom stereocenters. The summed E-state index contributed by atoms with van der Waals surface area (Å²) in [4.78, 5) is 0. The summed E-state index contributed by atoms with van der Waals surface area (Å²) >= 11 is 0. The SMILES string of the molecule is Cc1ccc2c(c1)C(C)CC(C)(C)N2.[Br-]. The fourth-order valence-electron chi connectivity index (χ4n) is 2.49. The molecule has 15 heavy (non-hydrogen) atoms. The molecule has 0 saturated carbocycles. The summed E-state index contributed by atoms with van der Waals surface area (Å²) in [5.41, 5.74) is 4.39. The number of aryl methyl sites for hydroxylation is 1. The van der Waals surface area contributed by atoms with E-state index in [4.69, 9.17) is 0 Å². The summed E-state index contributed by atoms with van der Waals surface area (Å²) in [6.45, 7) is 9.02. The Morgan fingerprint density at radius 3 is 2.67 bits per heavy atom. The van der Waals surface area contributed by atoms with Gasteiger partial charge >= 0.3 is 0 Å². The number of fused-ring (bicyclic) bond motifs is 1. The minimum absolute atomic E-state index is 0. The van der Waals surface area contributed by atoms with E-state index in [0.29, 0.717) is 5.92 Å². The molecule has 1 aromatic carbocycles. The van der Waals surface area contributed by atoms with Crippen molar-refractivity contribution in [2.24, 2.45) is 0 Å². The van der Waals surface area contributed by atoms with Gasteiger partial charge in [0.1, 0.15) is 0 Å². The molecule has 0 aliphatic carbocycles. The van der Waals surface area contributed by atoms with Gasteiger partial charge in [-0.05, 0) is 44.7 Å². The Bertz CT molecular complexity index is 358. The van der Waals surface area contributed by atoms with Crippen molar-refractivity contribution in [3.05, 3.63) is 29.3 Å². The zero-order valence-electron chi connectivity index (χ0n) is 9.89. The Hall–Kier alpha value is -0.500. The van der Waals surface area contributed by atoms with Gasteiger partial charge in [0.25, 0.3) is 0 Å². The van der Waals surface area contributed by atoms with Crippen molar-refractivity contribution >= 4 is 5.69 Å². The Balaban J connectivity index is 0.00000112. The van der Waals surface area contributed by atoms with Crippen LogP contribution in [0.15, 0.2) is 18.2 Å². The van der Waals surface area contributed by atoms with Crippen LogP contribution in [0, 0.1) is 6.92 Å². The van der Waals surface area contributed by atoms with E-state index < -0.39 is 0 Å². The molecule has 1 atom stereocenters. The molecule has 2 heteroatoms. The van der Waals surface area contributed by atoms with Crippen LogP contribution in [0.25, 0.3) is 0 Å². The Kier molecular flexibility index (Phi) is 3.49. The average molecular weight is 269 g/mol. The van der Waals surface area contributed by atoms with Crippen molar-refractivity contribution in [2.75, 3.05) is 5.32 Å². The van der Waals surface area contributed by atoms with Gasteiger partial charge in [0.05, 0.1) is 0 Å². The predicted molar refractivity (Wildman–Crippen MR) is 61.9 cm³/mol. The average Bonchev–Trinajstić information content (AvgIpc) is 2.05. The maximum absolute atomic E-state index is 3.59. The minimum atomic E-state index is 0. The van der Waals surface area contributed by atoms with Gasteiger partial charge in [-0.3, -0.25) is 0 Å². The molecule has 0 aromatic heterocycles. The molecule has 1 aromatic rings. The maximum Gasteiger partial charge on any atom is 0.0379 e. The van der Waals surface area contributed by atoms with Gasteiger partial charge in [-0.1, -0.05) is 24.6 Å². The highest BCUT2D eigenvalue weighted by molar-refractivity contribution is 5.57. The smallest absolute Gasteiger partial charge is 0.0379 e. The Morgan fingerprint density at radius 2 is 2.00 bits per heavy atom. The van der Waals surface area contributed by atoms with Crippen molar-refractivity contribution in [3.8, 4) is 0 Å². The lowest BCUT2D eigenvalue weighted by Gasteiger charge is -2.37. The summed E-state index contributed by atoms with van der Waals surface area (Å²) in [7, 11) is 0. The van der Waals surface area contributed by atoms with Crippen molar-refractivity contribution in [2.45, 2.75) is 45.6 Å². The molecule has 0 bridgehead atoms. The van der Waals surface area contributed by atoms with E-state index in [1.54, 1.807) is 0 Å². The molecule has 2 rings (SSSR count). The van der Waals surface area contributed by atoms with E-state index in [2.05, 4.69) is 51.2 Å². The molecule has 1 aliphatic heterocycles. The topological polar surface area (TPSA) is 12.0 Å². The van der Waals surface area contributed by atoms with Crippen molar-refractivity contribution in [3.63, 3.8) is 0 Å². The summed E-state index contributed by atoms with van der Waals surface area (Å²) in [5.74, 6) is 0.668. The second-order valence-electron chi connectivity index (χ2n) is 5.20. The monoisotopic (exact) mass is 268 g/mol. The molecule has 1 aliphatic rings. The standard InChI is InChI=1S/C13H19N.BrH/c1-9-5-6-12-11(7-9)10(2)8-13(3,4)14-12;/h5-7,10,14H,8H2,1-4H3;1H/p-1. The number of hydrogen-bond acceptors (Lipinski definition) is 1. The van der Waals surface area contributed by atoms with Crippen LogP contribution in [0.3, 0.4) is 0 Å². The van der Waals surface area contributed by atoms with Crippen molar-refractivity contribution < 1.29 is 17.0 Å². The number of hydrogen-bond donors (Lipinski definition) is 1. The number of nitrogens with one attached hydrogen (secondary N) is 1. The third-order valence-electron chi connectivity index (χ3n) is 3.03. The van der Waals surface area contributed by atoms with Crippen LogP contribution >= 0.6 is 0 Å². The van der Waals surface area contributed by atoms with E-state index in [-0.39, 0.29) is 22.5 Å². The van der Waals surface area contributed by atoms with Gasteiger partial charge < -0.3 is 22.3 Å². The zero-order valence-corrected chi connectivity index (χ0v) is 11.5. The van der Waals surface area contributed by atoms with Crippen LogP contribution in [0.2, 0.25) is 0 Å². The fraction of sp³-hybridized carbons (Fsp3) is 0.538. The number of anilines is 1. The number of halogens is 1. The fourth-order valence-corrected chi connectivity index (χ4v) is 2.49. The highest BCUT2D eigenvalue weighted by Crippen LogP contribution is 2.38. The molecule has 0 saturated heterocycles. The van der Waals surface area contributed by atoms with Gasteiger partial charge in [-0.2, -0.15) is 0 Å². The molecule has 0 amide bonds. The van der Waals surface area contributed by atoms with Crippen LogP contribution in [0.4, 0.5) is 5.69 Å². The lowest BCUT2D eigenvalue weighted by Crippen LogP contribution is -3.00. The molecule has 1 heterocycles. The van der Waals surface area contributed by atoms with Gasteiger partial charge in [0, 0.05) is 11.2 Å². The van der Waals surface area contributed by atoms with Crippen LogP contribution in [-0.2, 0) is 0 Å². The number of benzene rings is 1. The molecular formula is C13H19BrN-. The summed E-state index contributed by atoms with van der Waals surface area (Å²) in [6.07, 6.45) is 1.21. The van der Waals surface area contributed by atoms with Gasteiger partial charge in [-0.25, -0.2) is 0 Å². The summed E-state index contributed by atoms with van der Waals surface area (Å²) < 4.78 is 0. The predicted octanol–water partition coefficient (Wildman–Crippen LogP) is 0.697. The highest BCUT2D eigenvalue weighted by Gasteiger charge is 2.28. The van der Waals surface area contributed by atoms with Gasteiger partial charge in [0.2, 0.25) is 0 Å². The summed E-state index contributed by atoms with van der Waals surface area (Å²) in [6, 6.07) is 6.70. The van der Waals surface area contributed by atoms with Crippen LogP contribution in [-0.4, -0.2) is 5.54 Å².